The van der Waals surface area contributed by atoms with Crippen molar-refractivity contribution in [2.75, 3.05) is 27.2 Å². The normalized spacial score (nSPS) is 11.7. The van der Waals surface area contributed by atoms with Crippen LogP contribution in [0.3, 0.4) is 0 Å². The van der Waals surface area contributed by atoms with Crippen LogP contribution in [0.4, 0.5) is 0 Å². The summed E-state index contributed by atoms with van der Waals surface area (Å²) in [5.41, 5.74) is 1.34. The van der Waals surface area contributed by atoms with E-state index < -0.39 is 0 Å². The first-order valence-corrected chi connectivity index (χ1v) is 7.39. The molecule has 0 atom stereocenters. The highest BCUT2D eigenvalue weighted by atomic mass is 16.1. The van der Waals surface area contributed by atoms with Gasteiger partial charge in [0.1, 0.15) is 0 Å². The lowest BCUT2D eigenvalue weighted by atomic mass is 9.80. The molecule has 0 saturated carbocycles. The molecule has 20 heavy (non-hydrogen) atoms. The van der Waals surface area contributed by atoms with Gasteiger partial charge in [0.15, 0.2) is 0 Å². The fraction of sp³-hybridized carbons (Fsp3) is 0.588. The highest BCUT2D eigenvalue weighted by Gasteiger charge is 2.21. The quantitative estimate of drug-likeness (QED) is 0.741. The van der Waals surface area contributed by atoms with Gasteiger partial charge in [-0.3, -0.25) is 4.79 Å². The van der Waals surface area contributed by atoms with Crippen molar-refractivity contribution in [1.29, 1.82) is 0 Å². The monoisotopic (exact) mass is 276 g/mol. The Morgan fingerprint density at radius 2 is 1.85 bits per heavy atom. The lowest BCUT2D eigenvalue weighted by Gasteiger charge is -2.25. The molecule has 1 amide bonds. The minimum absolute atomic E-state index is 0.0439. The number of hydrogen-bond donors (Lipinski definition) is 1. The topological polar surface area (TPSA) is 32.3 Å². The molecule has 0 aromatic heterocycles. The van der Waals surface area contributed by atoms with Crippen LogP contribution in [0.15, 0.2) is 30.3 Å². The van der Waals surface area contributed by atoms with Gasteiger partial charge in [-0.2, -0.15) is 0 Å². The van der Waals surface area contributed by atoms with Gasteiger partial charge < -0.3 is 10.2 Å². The number of carbonyl (C=O) groups excluding carboxylic acids is 1. The van der Waals surface area contributed by atoms with Crippen LogP contribution in [0.5, 0.6) is 0 Å². The van der Waals surface area contributed by atoms with Crippen molar-refractivity contribution < 1.29 is 4.79 Å². The summed E-state index contributed by atoms with van der Waals surface area (Å²) < 4.78 is 0. The molecule has 0 saturated heterocycles. The third kappa shape index (κ3) is 6.20. The first-order valence-electron chi connectivity index (χ1n) is 7.39. The molecule has 112 valence electrons. The first-order chi connectivity index (χ1) is 9.42. The molecular formula is C17H28N2O. The molecule has 0 aliphatic rings. The van der Waals surface area contributed by atoms with Crippen LogP contribution in [0.25, 0.3) is 0 Å². The SMILES string of the molecule is CN(C)CCCNC(=O)CCC(C)(C)c1ccccc1. The number of carbonyl (C=O) groups is 1. The Balaban J connectivity index is 2.30. The van der Waals surface area contributed by atoms with E-state index in [1.165, 1.54) is 5.56 Å². The summed E-state index contributed by atoms with van der Waals surface area (Å²) in [4.78, 5) is 14.0. The average molecular weight is 276 g/mol. The van der Waals surface area contributed by atoms with E-state index in [1.807, 2.05) is 20.2 Å². The fourth-order valence-corrected chi connectivity index (χ4v) is 2.17. The van der Waals surface area contributed by atoms with E-state index in [0.717, 1.165) is 25.9 Å². The lowest BCUT2D eigenvalue weighted by Crippen LogP contribution is -2.29. The van der Waals surface area contributed by atoms with Gasteiger partial charge in [0.2, 0.25) is 5.91 Å². The number of nitrogens with one attached hydrogen (secondary N) is 1. The van der Waals surface area contributed by atoms with Crippen molar-refractivity contribution in [2.24, 2.45) is 0 Å². The Morgan fingerprint density at radius 3 is 2.45 bits per heavy atom. The molecule has 3 nitrogen and oxygen atoms in total. The second-order valence-electron chi connectivity index (χ2n) is 6.26. The number of amides is 1. The standard InChI is InChI=1S/C17H28N2O/c1-17(2,15-9-6-5-7-10-15)12-11-16(20)18-13-8-14-19(3)4/h5-7,9-10H,8,11-14H2,1-4H3,(H,18,20). The third-order valence-corrected chi connectivity index (χ3v) is 3.64. The second kappa shape index (κ2) is 8.05. The predicted octanol–water partition coefficient (Wildman–Crippen LogP) is 2.81. The minimum Gasteiger partial charge on any atom is -0.356 e. The van der Waals surface area contributed by atoms with Crippen LogP contribution in [-0.4, -0.2) is 38.0 Å². The summed E-state index contributed by atoms with van der Waals surface area (Å²) in [5.74, 6) is 0.160. The van der Waals surface area contributed by atoms with Gasteiger partial charge in [-0.25, -0.2) is 0 Å². The lowest BCUT2D eigenvalue weighted by molar-refractivity contribution is -0.121. The molecule has 1 rings (SSSR count). The molecule has 0 heterocycles. The zero-order chi connectivity index (χ0) is 15.0. The summed E-state index contributed by atoms with van der Waals surface area (Å²) in [6.07, 6.45) is 2.46. The number of rotatable bonds is 8. The van der Waals surface area contributed by atoms with Gasteiger partial charge >= 0.3 is 0 Å². The van der Waals surface area contributed by atoms with E-state index in [-0.39, 0.29) is 11.3 Å². The van der Waals surface area contributed by atoms with Crippen molar-refractivity contribution in [1.82, 2.24) is 10.2 Å². The largest absolute Gasteiger partial charge is 0.356 e. The average Bonchev–Trinajstić information content (AvgIpc) is 2.42. The Hall–Kier alpha value is -1.35. The summed E-state index contributed by atoms with van der Waals surface area (Å²) in [6.45, 7) is 6.17. The maximum absolute atomic E-state index is 11.8. The molecule has 0 aliphatic heterocycles. The van der Waals surface area contributed by atoms with E-state index in [2.05, 4.69) is 48.3 Å². The van der Waals surface area contributed by atoms with Crippen LogP contribution >= 0.6 is 0 Å². The zero-order valence-electron chi connectivity index (χ0n) is 13.3. The van der Waals surface area contributed by atoms with Gasteiger partial charge in [0.05, 0.1) is 0 Å². The van der Waals surface area contributed by atoms with Crippen molar-refractivity contribution in [3.05, 3.63) is 35.9 Å². The Kier molecular flexibility index (Phi) is 6.73. The summed E-state index contributed by atoms with van der Waals surface area (Å²) in [7, 11) is 4.09. The maximum Gasteiger partial charge on any atom is 0.220 e. The molecule has 3 heteroatoms. The van der Waals surface area contributed by atoms with Crippen molar-refractivity contribution >= 4 is 5.91 Å². The number of hydrogen-bond acceptors (Lipinski definition) is 2. The van der Waals surface area contributed by atoms with Crippen LogP contribution in [0.2, 0.25) is 0 Å². The van der Waals surface area contributed by atoms with Crippen LogP contribution in [0.1, 0.15) is 38.7 Å². The Morgan fingerprint density at radius 1 is 1.20 bits per heavy atom. The highest BCUT2D eigenvalue weighted by molar-refractivity contribution is 5.75. The van der Waals surface area contributed by atoms with Gasteiger partial charge in [0, 0.05) is 13.0 Å². The number of benzene rings is 1. The third-order valence-electron chi connectivity index (χ3n) is 3.64. The van der Waals surface area contributed by atoms with Crippen molar-refractivity contribution in [2.45, 2.75) is 38.5 Å². The summed E-state index contributed by atoms with van der Waals surface area (Å²) in [6, 6.07) is 10.4. The highest BCUT2D eigenvalue weighted by Crippen LogP contribution is 2.27. The van der Waals surface area contributed by atoms with Crippen LogP contribution in [0, 0.1) is 0 Å². The molecule has 0 spiro atoms. The smallest absolute Gasteiger partial charge is 0.220 e. The zero-order valence-corrected chi connectivity index (χ0v) is 13.3. The minimum atomic E-state index is 0.0439. The van der Waals surface area contributed by atoms with Crippen molar-refractivity contribution in [3.63, 3.8) is 0 Å². The summed E-state index contributed by atoms with van der Waals surface area (Å²) in [5, 5.41) is 3.00. The molecule has 0 radical (unpaired) electrons. The molecule has 0 bridgehead atoms. The van der Waals surface area contributed by atoms with Crippen LogP contribution in [-0.2, 0) is 10.2 Å². The molecule has 0 aliphatic carbocycles. The van der Waals surface area contributed by atoms with E-state index in [0.29, 0.717) is 6.42 Å². The van der Waals surface area contributed by atoms with Crippen LogP contribution < -0.4 is 5.32 Å². The molecule has 0 fully saturated rings. The van der Waals surface area contributed by atoms with Crippen molar-refractivity contribution in [3.8, 4) is 0 Å². The van der Waals surface area contributed by atoms with Gasteiger partial charge in [-0.05, 0) is 44.5 Å². The molecule has 1 aromatic rings. The summed E-state index contributed by atoms with van der Waals surface area (Å²) >= 11 is 0. The first kappa shape index (κ1) is 16.7. The molecule has 1 N–H and O–H groups in total. The Bertz CT molecular complexity index is 399. The van der Waals surface area contributed by atoms with E-state index >= 15 is 0 Å². The van der Waals surface area contributed by atoms with E-state index in [9.17, 15) is 4.79 Å². The van der Waals surface area contributed by atoms with E-state index in [4.69, 9.17) is 0 Å². The Labute approximate surface area is 123 Å². The predicted molar refractivity (Wildman–Crippen MR) is 84.9 cm³/mol. The molecule has 1 aromatic carbocycles. The fourth-order valence-electron chi connectivity index (χ4n) is 2.17. The maximum atomic E-state index is 11.8. The molecular weight excluding hydrogens is 248 g/mol. The molecule has 0 unspecified atom stereocenters. The van der Waals surface area contributed by atoms with Gasteiger partial charge in [0.25, 0.3) is 0 Å². The van der Waals surface area contributed by atoms with Gasteiger partial charge in [-0.15, -0.1) is 0 Å². The van der Waals surface area contributed by atoms with Gasteiger partial charge in [-0.1, -0.05) is 44.2 Å². The van der Waals surface area contributed by atoms with E-state index in [1.54, 1.807) is 0 Å². The number of nitrogens with zero attached hydrogens (tertiary/aromatic N) is 1. The second-order valence-corrected chi connectivity index (χ2v) is 6.26.